The van der Waals surface area contributed by atoms with Crippen molar-refractivity contribution in [2.24, 2.45) is 0 Å². The monoisotopic (exact) mass is 512 g/mol. The van der Waals surface area contributed by atoms with Gasteiger partial charge in [-0.1, -0.05) is 6.42 Å². The Morgan fingerprint density at radius 2 is 1.74 bits per heavy atom. The van der Waals surface area contributed by atoms with Crippen LogP contribution < -0.4 is 0 Å². The Kier molecular flexibility index (Phi) is 12.0. The Labute approximate surface area is 193 Å². The second kappa shape index (κ2) is 13.4. The highest BCUT2D eigenvalue weighted by Crippen LogP contribution is 2.28. The summed E-state index contributed by atoms with van der Waals surface area (Å²) in [4.78, 5) is 0. The topological polar surface area (TPSA) is 77.1 Å². The lowest BCUT2D eigenvalue weighted by Gasteiger charge is -2.36. The van der Waals surface area contributed by atoms with Gasteiger partial charge in [-0.15, -0.1) is 0 Å². The van der Waals surface area contributed by atoms with Gasteiger partial charge in [-0.2, -0.15) is 0 Å². The van der Waals surface area contributed by atoms with Crippen LogP contribution in [0.3, 0.4) is 0 Å². The van der Waals surface area contributed by atoms with E-state index in [-0.39, 0.29) is 0 Å². The highest BCUT2D eigenvalue weighted by Gasteiger charge is 2.45. The third-order valence-electron chi connectivity index (χ3n) is 6.11. The van der Waals surface area contributed by atoms with E-state index in [4.69, 9.17) is 35.7 Å². The van der Waals surface area contributed by atoms with Crippen molar-refractivity contribution in [3.05, 3.63) is 0 Å². The van der Waals surface area contributed by atoms with Gasteiger partial charge in [0.25, 0.3) is 0 Å². The van der Waals surface area contributed by atoms with E-state index in [2.05, 4.69) is 19.6 Å². The fourth-order valence-corrected chi connectivity index (χ4v) is 18.0. The van der Waals surface area contributed by atoms with E-state index >= 15 is 0 Å². The van der Waals surface area contributed by atoms with Crippen LogP contribution in [0.4, 0.5) is 0 Å². The zero-order valence-electron chi connectivity index (χ0n) is 20.4. The minimum absolute atomic E-state index is 0.321. The van der Waals surface area contributed by atoms with E-state index < -0.39 is 34.7 Å². The summed E-state index contributed by atoms with van der Waals surface area (Å²) in [7, 11) is -3.39. The maximum atomic E-state index is 6.71. The standard InChI is InChI=1S/C19H44O8Si4/c1-20-31(21-2,22-3)15-14-30(6)26-18-29(5,13-9-10-23-16-19-17-24-19)25-11-7-8-12-28(4)27-30/h19,28H,7-18H2,1-6H3. The first-order chi connectivity index (χ1) is 14.8. The molecule has 4 unspecified atom stereocenters. The Balaban J connectivity index is 1.97. The zero-order chi connectivity index (χ0) is 22.8. The molecule has 12 heteroatoms. The first-order valence-corrected chi connectivity index (χ1v) is 21.3. The normalized spacial score (nSPS) is 33.1. The van der Waals surface area contributed by atoms with Crippen molar-refractivity contribution in [3.63, 3.8) is 0 Å². The molecule has 4 atom stereocenters. The van der Waals surface area contributed by atoms with Crippen LogP contribution in [0.5, 0.6) is 0 Å². The fourth-order valence-electron chi connectivity index (χ4n) is 3.86. The molecule has 2 fully saturated rings. The molecule has 0 spiro atoms. The Hall–Kier alpha value is 0.548. The minimum atomic E-state index is -2.66. The molecular formula is C19H44O8Si4. The molecule has 0 aromatic heterocycles. The van der Waals surface area contributed by atoms with Crippen LogP contribution in [0, 0.1) is 0 Å². The fraction of sp³-hybridized carbons (Fsp3) is 1.00. The van der Waals surface area contributed by atoms with Crippen molar-refractivity contribution in [3.8, 4) is 0 Å². The van der Waals surface area contributed by atoms with Crippen LogP contribution in [0.25, 0.3) is 0 Å². The van der Waals surface area contributed by atoms with Gasteiger partial charge in [0.2, 0.25) is 8.32 Å². The van der Waals surface area contributed by atoms with Crippen molar-refractivity contribution in [2.75, 3.05) is 54.0 Å². The van der Waals surface area contributed by atoms with E-state index in [0.717, 1.165) is 50.8 Å². The summed E-state index contributed by atoms with van der Waals surface area (Å²) in [5, 5.41) is 0. The molecule has 0 bridgehead atoms. The molecule has 2 rings (SSSR count). The lowest BCUT2D eigenvalue weighted by Crippen LogP contribution is -2.51. The smallest absolute Gasteiger partial charge is 0.439 e. The van der Waals surface area contributed by atoms with Crippen LogP contribution in [0.1, 0.15) is 19.3 Å². The summed E-state index contributed by atoms with van der Waals surface area (Å²) in [5.74, 6) is 0. The van der Waals surface area contributed by atoms with Gasteiger partial charge in [0.05, 0.1) is 19.4 Å². The highest BCUT2D eigenvalue weighted by atomic mass is 28.4. The van der Waals surface area contributed by atoms with Crippen LogP contribution in [0.15, 0.2) is 0 Å². The van der Waals surface area contributed by atoms with Crippen molar-refractivity contribution in [1.82, 2.24) is 0 Å². The molecule has 0 amide bonds. The van der Waals surface area contributed by atoms with E-state index in [1.54, 1.807) is 21.3 Å². The maximum absolute atomic E-state index is 6.71. The molecule has 0 saturated carbocycles. The maximum Gasteiger partial charge on any atom is 0.500 e. The van der Waals surface area contributed by atoms with Crippen molar-refractivity contribution in [2.45, 2.75) is 69.2 Å². The minimum Gasteiger partial charge on any atom is -0.439 e. The molecule has 0 radical (unpaired) electrons. The second-order valence-corrected chi connectivity index (χ2v) is 22.3. The molecule has 2 aliphatic rings. The van der Waals surface area contributed by atoms with Gasteiger partial charge in [0, 0.05) is 40.6 Å². The molecule has 2 heterocycles. The molecular weight excluding hydrogens is 469 g/mol. The van der Waals surface area contributed by atoms with E-state index in [0.29, 0.717) is 25.0 Å². The lowest BCUT2D eigenvalue weighted by atomic mass is 10.4. The van der Waals surface area contributed by atoms with Crippen LogP contribution >= 0.6 is 0 Å². The predicted molar refractivity (Wildman–Crippen MR) is 130 cm³/mol. The third-order valence-corrected chi connectivity index (χ3v) is 19.4. The summed E-state index contributed by atoms with van der Waals surface area (Å²) in [6, 6.07) is 3.70. The van der Waals surface area contributed by atoms with Crippen LogP contribution in [-0.2, 0) is 35.7 Å². The van der Waals surface area contributed by atoms with E-state index in [1.165, 1.54) is 6.42 Å². The molecule has 0 aliphatic carbocycles. The summed E-state index contributed by atoms with van der Waals surface area (Å²) < 4.78 is 47.7. The first-order valence-electron chi connectivity index (χ1n) is 11.6. The lowest BCUT2D eigenvalue weighted by molar-refractivity contribution is 0.115. The Bertz CT molecular complexity index is 503. The largest absolute Gasteiger partial charge is 0.500 e. The first kappa shape index (κ1) is 27.8. The van der Waals surface area contributed by atoms with Crippen molar-refractivity contribution in [1.29, 1.82) is 0 Å². The van der Waals surface area contributed by atoms with E-state index in [1.807, 2.05) is 0 Å². The summed E-state index contributed by atoms with van der Waals surface area (Å²) in [6.45, 7) is 9.92. The highest BCUT2D eigenvalue weighted by molar-refractivity contribution is 6.78. The number of rotatable bonds is 12. The molecule has 0 aromatic carbocycles. The number of epoxide rings is 1. The average molecular weight is 513 g/mol. The molecule has 8 nitrogen and oxygen atoms in total. The summed E-state index contributed by atoms with van der Waals surface area (Å²) in [5.41, 5.74) is 0. The van der Waals surface area contributed by atoms with E-state index in [9.17, 15) is 0 Å². The average Bonchev–Trinajstić information content (AvgIpc) is 3.57. The molecule has 31 heavy (non-hydrogen) atoms. The molecule has 184 valence electrons. The number of hydrogen-bond donors (Lipinski definition) is 0. The predicted octanol–water partition coefficient (Wildman–Crippen LogP) is 3.05. The van der Waals surface area contributed by atoms with Gasteiger partial charge in [-0.3, -0.25) is 0 Å². The third kappa shape index (κ3) is 10.1. The summed E-state index contributed by atoms with van der Waals surface area (Å²) >= 11 is 0. The number of hydrogen-bond acceptors (Lipinski definition) is 8. The molecule has 2 saturated heterocycles. The molecule has 0 N–H and O–H groups in total. The van der Waals surface area contributed by atoms with Gasteiger partial charge >= 0.3 is 17.4 Å². The van der Waals surface area contributed by atoms with Crippen LogP contribution in [0.2, 0.25) is 43.8 Å². The molecule has 2 aliphatic heterocycles. The van der Waals surface area contributed by atoms with Gasteiger partial charge in [-0.05, 0) is 50.6 Å². The van der Waals surface area contributed by atoms with Crippen molar-refractivity contribution < 1.29 is 35.7 Å². The van der Waals surface area contributed by atoms with Crippen molar-refractivity contribution >= 4 is 34.7 Å². The van der Waals surface area contributed by atoms with Gasteiger partial charge in [0.15, 0.2) is 9.04 Å². The van der Waals surface area contributed by atoms with Gasteiger partial charge in [-0.25, -0.2) is 0 Å². The quantitative estimate of drug-likeness (QED) is 0.224. The summed E-state index contributed by atoms with van der Waals surface area (Å²) in [6.07, 6.45) is 4.26. The van der Waals surface area contributed by atoms with Gasteiger partial charge in [0.1, 0.15) is 6.10 Å². The van der Waals surface area contributed by atoms with Crippen LogP contribution in [-0.4, -0.2) is 94.8 Å². The zero-order valence-corrected chi connectivity index (χ0v) is 24.6. The molecule has 0 aromatic rings. The Morgan fingerprint density at radius 3 is 2.39 bits per heavy atom. The van der Waals surface area contributed by atoms with Gasteiger partial charge < -0.3 is 35.7 Å². The number of ether oxygens (including phenoxy) is 2. The second-order valence-electron chi connectivity index (χ2n) is 9.07. The Morgan fingerprint density at radius 1 is 1.03 bits per heavy atom. The SMILES string of the molecule is CO[Si](CC[Si]1(C)OC[Si](C)(CCCOCC2CO2)OCCCC[SiH](C)O1)(OC)OC.